The molecule has 0 atom stereocenters. The van der Waals surface area contributed by atoms with Crippen LogP contribution in [0.15, 0.2) is 4.47 Å². The minimum Gasteiger partial charge on any atom is -0.462 e. The van der Waals surface area contributed by atoms with Crippen molar-refractivity contribution in [1.82, 2.24) is 0 Å². The number of hydrogen-bond acceptors (Lipinski definition) is 2. The Labute approximate surface area is 122 Å². The number of carbonyl (C=O) groups is 1. The van der Waals surface area contributed by atoms with Gasteiger partial charge in [-0.15, -0.1) is 0 Å². The first-order valence-electron chi connectivity index (χ1n) is 6.10. The molecule has 0 amide bonds. The van der Waals surface area contributed by atoms with E-state index in [1.165, 1.54) is 0 Å². The molecule has 0 bridgehead atoms. The van der Waals surface area contributed by atoms with Gasteiger partial charge in [-0.2, -0.15) is 0 Å². The van der Waals surface area contributed by atoms with E-state index in [1.54, 1.807) is 0 Å². The zero-order valence-electron chi connectivity index (χ0n) is 10.7. The molecule has 1 aromatic rings. The second-order valence-electron chi connectivity index (χ2n) is 4.14. The number of esters is 1. The fourth-order valence-corrected chi connectivity index (χ4v) is 1.90. The van der Waals surface area contributed by atoms with Crippen LogP contribution in [0.4, 0.5) is 17.6 Å². The van der Waals surface area contributed by atoms with Crippen LogP contribution in [0.2, 0.25) is 0 Å². The van der Waals surface area contributed by atoms with Crippen molar-refractivity contribution in [2.75, 3.05) is 6.61 Å². The van der Waals surface area contributed by atoms with Crippen molar-refractivity contribution in [2.24, 2.45) is 0 Å². The highest BCUT2D eigenvalue weighted by molar-refractivity contribution is 9.10. The highest BCUT2D eigenvalue weighted by Crippen LogP contribution is 2.28. The average Bonchev–Trinajstić information content (AvgIpc) is 2.43. The molecular weight excluding hydrogens is 344 g/mol. The molecule has 0 aliphatic carbocycles. The molecule has 0 radical (unpaired) electrons. The lowest BCUT2D eigenvalue weighted by Crippen LogP contribution is -2.14. The lowest BCUT2D eigenvalue weighted by atomic mass is 10.2. The highest BCUT2D eigenvalue weighted by Gasteiger charge is 2.29. The second kappa shape index (κ2) is 7.61. The maximum Gasteiger partial charge on any atom is 0.344 e. The predicted octanol–water partition coefficient (Wildman–Crippen LogP) is 4.74. The van der Waals surface area contributed by atoms with Gasteiger partial charge in [0.25, 0.3) is 0 Å². The first-order chi connectivity index (χ1) is 9.41. The van der Waals surface area contributed by atoms with Crippen molar-refractivity contribution in [2.45, 2.75) is 32.6 Å². The van der Waals surface area contributed by atoms with Gasteiger partial charge >= 0.3 is 5.97 Å². The number of hydrogen-bond donors (Lipinski definition) is 0. The van der Waals surface area contributed by atoms with Gasteiger partial charge in [0.15, 0.2) is 23.3 Å². The summed E-state index contributed by atoms with van der Waals surface area (Å²) in [6, 6.07) is 0. The Morgan fingerprint density at radius 2 is 1.55 bits per heavy atom. The van der Waals surface area contributed by atoms with Crippen LogP contribution in [0.25, 0.3) is 0 Å². The van der Waals surface area contributed by atoms with E-state index in [0.29, 0.717) is 6.42 Å². The molecule has 0 aromatic heterocycles. The van der Waals surface area contributed by atoms with Crippen LogP contribution in [0.1, 0.15) is 43.0 Å². The van der Waals surface area contributed by atoms with Crippen LogP contribution in [0.3, 0.4) is 0 Å². The summed E-state index contributed by atoms with van der Waals surface area (Å²) in [5, 5.41) is 0. The molecular formula is C13H13BrF4O2. The smallest absolute Gasteiger partial charge is 0.344 e. The number of carbonyl (C=O) groups excluding carboxylic acids is 1. The highest BCUT2D eigenvalue weighted by atomic mass is 79.9. The minimum atomic E-state index is -1.77. The molecule has 0 unspecified atom stereocenters. The third-order valence-corrected chi connectivity index (χ3v) is 3.34. The summed E-state index contributed by atoms with van der Waals surface area (Å²) < 4.78 is 57.1. The summed E-state index contributed by atoms with van der Waals surface area (Å²) >= 11 is 2.36. The van der Waals surface area contributed by atoms with Crippen LogP contribution in [0.5, 0.6) is 0 Å². The van der Waals surface area contributed by atoms with E-state index < -0.39 is 39.3 Å². The van der Waals surface area contributed by atoms with Crippen molar-refractivity contribution >= 4 is 21.9 Å². The first-order valence-corrected chi connectivity index (χ1v) is 6.89. The molecule has 20 heavy (non-hydrogen) atoms. The monoisotopic (exact) mass is 356 g/mol. The Morgan fingerprint density at radius 3 is 2.05 bits per heavy atom. The molecule has 1 aromatic carbocycles. The van der Waals surface area contributed by atoms with E-state index in [1.807, 2.05) is 6.92 Å². The van der Waals surface area contributed by atoms with Crippen molar-refractivity contribution in [3.05, 3.63) is 33.3 Å². The van der Waals surface area contributed by atoms with Crippen LogP contribution in [-0.2, 0) is 4.74 Å². The molecule has 0 aliphatic heterocycles. The van der Waals surface area contributed by atoms with Gasteiger partial charge in [0, 0.05) is 0 Å². The number of benzene rings is 1. The lowest BCUT2D eigenvalue weighted by Gasteiger charge is -2.09. The molecule has 0 N–H and O–H groups in total. The Bertz CT molecular complexity index is 477. The molecule has 0 saturated carbocycles. The molecule has 0 spiro atoms. The third-order valence-electron chi connectivity index (χ3n) is 2.64. The summed E-state index contributed by atoms with van der Waals surface area (Å²) in [4.78, 5) is 11.5. The number of unbranched alkanes of at least 4 members (excludes halogenated alkanes) is 3. The van der Waals surface area contributed by atoms with Gasteiger partial charge in [-0.1, -0.05) is 26.2 Å². The van der Waals surface area contributed by atoms with Crippen molar-refractivity contribution in [1.29, 1.82) is 0 Å². The van der Waals surface area contributed by atoms with E-state index >= 15 is 0 Å². The average molecular weight is 357 g/mol. The standard InChI is InChI=1S/C13H13BrF4O2/c1-2-3-4-5-6-20-13(19)7-9(15)11(17)8(14)12(18)10(7)16/h2-6H2,1H3. The molecule has 0 aliphatic rings. The van der Waals surface area contributed by atoms with Gasteiger partial charge < -0.3 is 4.74 Å². The van der Waals surface area contributed by atoms with Gasteiger partial charge in [-0.3, -0.25) is 0 Å². The van der Waals surface area contributed by atoms with Gasteiger partial charge in [0.05, 0.1) is 11.1 Å². The number of halogens is 5. The summed E-state index contributed by atoms with van der Waals surface area (Å²) in [6.07, 6.45) is 3.21. The summed E-state index contributed by atoms with van der Waals surface area (Å²) in [6.45, 7) is 1.93. The van der Waals surface area contributed by atoms with E-state index in [9.17, 15) is 22.4 Å². The van der Waals surface area contributed by atoms with E-state index in [2.05, 4.69) is 20.7 Å². The largest absolute Gasteiger partial charge is 0.462 e. The van der Waals surface area contributed by atoms with Crippen LogP contribution in [-0.4, -0.2) is 12.6 Å². The fraction of sp³-hybridized carbons (Fsp3) is 0.462. The molecule has 1 rings (SSSR count). The minimum absolute atomic E-state index is 0.0585. The van der Waals surface area contributed by atoms with E-state index in [4.69, 9.17) is 0 Å². The second-order valence-corrected chi connectivity index (χ2v) is 4.93. The van der Waals surface area contributed by atoms with E-state index in [-0.39, 0.29) is 6.61 Å². The lowest BCUT2D eigenvalue weighted by molar-refractivity contribution is 0.0483. The Kier molecular flexibility index (Phi) is 6.45. The number of ether oxygens (including phenoxy) is 1. The summed E-state index contributed by atoms with van der Waals surface area (Å²) in [7, 11) is 0. The Balaban J connectivity index is 2.83. The quantitative estimate of drug-likeness (QED) is 0.242. The van der Waals surface area contributed by atoms with Gasteiger partial charge in [-0.25, -0.2) is 22.4 Å². The summed E-state index contributed by atoms with van der Waals surface area (Å²) in [5.74, 6) is -8.28. The number of rotatable bonds is 6. The van der Waals surface area contributed by atoms with Gasteiger partial charge in [0.1, 0.15) is 5.56 Å². The van der Waals surface area contributed by atoms with Crippen molar-refractivity contribution < 1.29 is 27.1 Å². The van der Waals surface area contributed by atoms with Crippen LogP contribution < -0.4 is 0 Å². The van der Waals surface area contributed by atoms with E-state index in [0.717, 1.165) is 19.3 Å². The predicted molar refractivity (Wildman–Crippen MR) is 68.4 cm³/mol. The van der Waals surface area contributed by atoms with Crippen molar-refractivity contribution in [3.63, 3.8) is 0 Å². The molecule has 7 heteroatoms. The third kappa shape index (κ3) is 3.71. The molecule has 0 heterocycles. The topological polar surface area (TPSA) is 26.3 Å². The normalized spacial score (nSPS) is 10.7. The Hall–Kier alpha value is -1.11. The van der Waals surface area contributed by atoms with Crippen LogP contribution >= 0.6 is 15.9 Å². The van der Waals surface area contributed by atoms with Crippen LogP contribution in [0, 0.1) is 23.3 Å². The molecule has 112 valence electrons. The maximum atomic E-state index is 13.5. The maximum absolute atomic E-state index is 13.5. The fourth-order valence-electron chi connectivity index (χ4n) is 1.55. The van der Waals surface area contributed by atoms with Gasteiger partial charge in [-0.05, 0) is 22.4 Å². The molecule has 2 nitrogen and oxygen atoms in total. The SMILES string of the molecule is CCCCCCOC(=O)c1c(F)c(F)c(Br)c(F)c1F. The molecule has 0 fully saturated rings. The zero-order chi connectivity index (χ0) is 15.3. The molecule has 0 saturated heterocycles. The first kappa shape index (κ1) is 16.9. The summed E-state index contributed by atoms with van der Waals surface area (Å²) in [5.41, 5.74) is -1.35. The van der Waals surface area contributed by atoms with Crippen molar-refractivity contribution in [3.8, 4) is 0 Å². The van der Waals surface area contributed by atoms with Gasteiger partial charge in [0.2, 0.25) is 0 Å². The Morgan fingerprint density at radius 1 is 1.00 bits per heavy atom. The zero-order valence-corrected chi connectivity index (χ0v) is 12.3.